The van der Waals surface area contributed by atoms with Crippen molar-refractivity contribution in [3.8, 4) is 0 Å². The number of rotatable bonds is 5. The number of sulfone groups is 1. The molecule has 8 nitrogen and oxygen atoms in total. The highest BCUT2D eigenvalue weighted by atomic mass is 32.2. The monoisotopic (exact) mass is 401 g/mol. The predicted octanol–water partition coefficient (Wildman–Crippen LogP) is 1.54. The number of hydrogen-bond acceptors (Lipinski definition) is 5. The van der Waals surface area contributed by atoms with Gasteiger partial charge in [-0.1, -0.05) is 24.3 Å². The van der Waals surface area contributed by atoms with E-state index >= 15 is 0 Å². The molecule has 1 saturated heterocycles. The molecular weight excluding hydrogens is 382 g/mol. The minimum absolute atomic E-state index is 0.156. The number of amides is 4. The molecule has 0 bridgehead atoms. The van der Waals surface area contributed by atoms with Gasteiger partial charge in [0.1, 0.15) is 5.54 Å². The molecule has 2 aromatic rings. The lowest BCUT2D eigenvalue weighted by Crippen LogP contribution is -2.40. The van der Waals surface area contributed by atoms with E-state index in [-0.39, 0.29) is 5.75 Å². The molecule has 3 rings (SSSR count). The van der Waals surface area contributed by atoms with Crippen LogP contribution in [-0.4, -0.2) is 32.5 Å². The van der Waals surface area contributed by atoms with Crippen LogP contribution in [0.25, 0.3) is 0 Å². The zero-order chi connectivity index (χ0) is 20.5. The van der Waals surface area contributed by atoms with Crippen LogP contribution in [-0.2, 0) is 25.9 Å². The largest absolute Gasteiger partial charge is 0.322 e. The van der Waals surface area contributed by atoms with Gasteiger partial charge < -0.3 is 10.6 Å². The number of carbonyl (C=O) groups is 3. The van der Waals surface area contributed by atoms with Gasteiger partial charge >= 0.3 is 6.03 Å². The molecule has 0 spiro atoms. The van der Waals surface area contributed by atoms with Gasteiger partial charge in [-0.2, -0.15) is 0 Å². The van der Waals surface area contributed by atoms with Gasteiger partial charge in [-0.3, -0.25) is 14.9 Å². The normalized spacial score (nSPS) is 19.1. The Balaban J connectivity index is 1.81. The molecule has 0 aromatic heterocycles. The van der Waals surface area contributed by atoms with Crippen LogP contribution < -0.4 is 16.0 Å². The summed E-state index contributed by atoms with van der Waals surface area (Å²) in [4.78, 5) is 36.1. The Morgan fingerprint density at radius 2 is 1.82 bits per heavy atom. The van der Waals surface area contributed by atoms with E-state index in [0.29, 0.717) is 22.4 Å². The van der Waals surface area contributed by atoms with E-state index in [2.05, 4.69) is 16.0 Å². The third-order valence-electron chi connectivity index (χ3n) is 4.36. The van der Waals surface area contributed by atoms with Crippen LogP contribution in [0.5, 0.6) is 0 Å². The van der Waals surface area contributed by atoms with E-state index in [9.17, 15) is 22.8 Å². The highest BCUT2D eigenvalue weighted by molar-refractivity contribution is 7.89. The number of benzene rings is 2. The first-order valence-electron chi connectivity index (χ1n) is 8.39. The first kappa shape index (κ1) is 19.6. The minimum atomic E-state index is -3.21. The Morgan fingerprint density at radius 3 is 2.46 bits per heavy atom. The molecule has 0 radical (unpaired) electrons. The summed E-state index contributed by atoms with van der Waals surface area (Å²) in [5.74, 6) is -1.05. The fraction of sp³-hybridized carbons (Fsp3) is 0.211. The van der Waals surface area contributed by atoms with Gasteiger partial charge in [0.15, 0.2) is 9.84 Å². The molecule has 1 aliphatic rings. The SMILES string of the molecule is CC1(c2cccc(NC(=O)c3cccc(CS(C)(=O)=O)c3)c2)NC(=O)NC1=O. The van der Waals surface area contributed by atoms with Crippen molar-refractivity contribution >= 4 is 33.4 Å². The second-order valence-corrected chi connectivity index (χ2v) is 8.98. The Bertz CT molecular complexity index is 1080. The molecule has 1 fully saturated rings. The number of anilines is 1. The average Bonchev–Trinajstić information content (AvgIpc) is 2.87. The molecular formula is C19H19N3O5S. The van der Waals surface area contributed by atoms with Gasteiger partial charge in [-0.25, -0.2) is 13.2 Å². The quantitative estimate of drug-likeness (QED) is 0.656. The van der Waals surface area contributed by atoms with Gasteiger partial charge in [0.25, 0.3) is 11.8 Å². The first-order valence-corrected chi connectivity index (χ1v) is 10.4. The Hall–Kier alpha value is -3.20. The van der Waals surface area contributed by atoms with E-state index in [1.807, 2.05) is 0 Å². The van der Waals surface area contributed by atoms with E-state index < -0.39 is 33.2 Å². The summed E-state index contributed by atoms with van der Waals surface area (Å²) >= 11 is 0. The van der Waals surface area contributed by atoms with E-state index in [0.717, 1.165) is 6.26 Å². The second-order valence-electron chi connectivity index (χ2n) is 6.84. The van der Waals surface area contributed by atoms with Crippen molar-refractivity contribution in [3.05, 3.63) is 65.2 Å². The lowest BCUT2D eigenvalue weighted by atomic mass is 9.92. The second kappa shape index (κ2) is 7.08. The maximum absolute atomic E-state index is 12.6. The van der Waals surface area contributed by atoms with Crippen LogP contribution in [0.4, 0.5) is 10.5 Å². The molecule has 1 heterocycles. The number of nitrogens with one attached hydrogen (secondary N) is 3. The molecule has 1 atom stereocenters. The summed E-state index contributed by atoms with van der Waals surface area (Å²) in [6.07, 6.45) is 1.13. The molecule has 4 amide bonds. The van der Waals surface area contributed by atoms with E-state index in [1.165, 1.54) is 6.07 Å². The standard InChI is InChI=1S/C19H19N3O5S/c1-19(17(24)21-18(25)22-19)14-7-4-8-15(10-14)20-16(23)13-6-3-5-12(9-13)11-28(2,26)27/h3-10H,11H2,1-2H3,(H,20,23)(H2,21,22,24,25). The fourth-order valence-electron chi connectivity index (χ4n) is 2.96. The van der Waals surface area contributed by atoms with E-state index in [4.69, 9.17) is 0 Å². The number of urea groups is 1. The van der Waals surface area contributed by atoms with Gasteiger partial charge in [0, 0.05) is 17.5 Å². The van der Waals surface area contributed by atoms with Crippen molar-refractivity contribution in [2.24, 2.45) is 0 Å². The summed E-state index contributed by atoms with van der Waals surface area (Å²) in [6.45, 7) is 1.57. The third kappa shape index (κ3) is 4.20. The van der Waals surface area contributed by atoms with Crippen molar-refractivity contribution in [2.75, 3.05) is 11.6 Å². The van der Waals surface area contributed by atoms with Gasteiger partial charge in [0.2, 0.25) is 0 Å². The zero-order valence-corrected chi connectivity index (χ0v) is 16.1. The van der Waals surface area contributed by atoms with Crippen molar-refractivity contribution in [1.29, 1.82) is 0 Å². The Labute approximate surface area is 162 Å². The number of carbonyl (C=O) groups excluding carboxylic acids is 3. The van der Waals surface area contributed by atoms with Crippen molar-refractivity contribution < 1.29 is 22.8 Å². The molecule has 146 valence electrons. The predicted molar refractivity (Wildman–Crippen MR) is 103 cm³/mol. The van der Waals surface area contributed by atoms with Crippen molar-refractivity contribution in [2.45, 2.75) is 18.2 Å². The summed E-state index contributed by atoms with van der Waals surface area (Å²) < 4.78 is 22.9. The highest BCUT2D eigenvalue weighted by Crippen LogP contribution is 2.26. The van der Waals surface area contributed by atoms with Gasteiger partial charge in [-0.05, 0) is 42.3 Å². The number of hydrogen-bond donors (Lipinski definition) is 3. The Morgan fingerprint density at radius 1 is 1.11 bits per heavy atom. The summed E-state index contributed by atoms with van der Waals surface area (Å²) in [6, 6.07) is 12.4. The van der Waals surface area contributed by atoms with Crippen molar-refractivity contribution in [3.63, 3.8) is 0 Å². The van der Waals surface area contributed by atoms with Crippen LogP contribution in [0.15, 0.2) is 48.5 Å². The van der Waals surface area contributed by atoms with Gasteiger partial charge in [-0.15, -0.1) is 0 Å². The van der Waals surface area contributed by atoms with Crippen molar-refractivity contribution in [1.82, 2.24) is 10.6 Å². The molecule has 1 aliphatic heterocycles. The smallest absolute Gasteiger partial charge is 0.322 e. The molecule has 2 aromatic carbocycles. The minimum Gasteiger partial charge on any atom is -0.322 e. The number of imide groups is 1. The summed E-state index contributed by atoms with van der Waals surface area (Å²) in [5, 5.41) is 7.48. The van der Waals surface area contributed by atoms with E-state index in [1.54, 1.807) is 49.4 Å². The summed E-state index contributed by atoms with van der Waals surface area (Å²) in [5.41, 5.74) is 0.546. The van der Waals surface area contributed by atoms with Crippen LogP contribution in [0, 0.1) is 0 Å². The van der Waals surface area contributed by atoms with Crippen LogP contribution >= 0.6 is 0 Å². The Kier molecular flexibility index (Phi) is 4.95. The highest BCUT2D eigenvalue weighted by Gasteiger charge is 2.43. The average molecular weight is 401 g/mol. The first-order chi connectivity index (χ1) is 13.1. The lowest BCUT2D eigenvalue weighted by molar-refractivity contribution is -0.123. The molecule has 0 saturated carbocycles. The zero-order valence-electron chi connectivity index (χ0n) is 15.3. The lowest BCUT2D eigenvalue weighted by Gasteiger charge is -2.21. The fourth-order valence-corrected chi connectivity index (χ4v) is 3.75. The molecule has 3 N–H and O–H groups in total. The van der Waals surface area contributed by atoms with Crippen LogP contribution in [0.3, 0.4) is 0 Å². The topological polar surface area (TPSA) is 121 Å². The molecule has 0 aliphatic carbocycles. The molecule has 28 heavy (non-hydrogen) atoms. The molecule has 1 unspecified atom stereocenters. The maximum Gasteiger partial charge on any atom is 0.322 e. The van der Waals surface area contributed by atoms with Crippen LogP contribution in [0.1, 0.15) is 28.4 Å². The maximum atomic E-state index is 12.6. The summed E-state index contributed by atoms with van der Waals surface area (Å²) in [7, 11) is -3.21. The van der Waals surface area contributed by atoms with Crippen LogP contribution in [0.2, 0.25) is 0 Å². The molecule has 9 heteroatoms. The van der Waals surface area contributed by atoms with Gasteiger partial charge in [0.05, 0.1) is 5.75 Å². The third-order valence-corrected chi connectivity index (χ3v) is 5.22.